The molecular formula is C12H14N2O2. The SMILES string of the molecule is COc1ccc(-n2nc(C)cc2C)c(O)c1. The second-order valence-electron chi connectivity index (χ2n) is 3.69. The van der Waals surface area contributed by atoms with Crippen molar-refractivity contribution in [1.82, 2.24) is 9.78 Å². The zero-order valence-electron chi connectivity index (χ0n) is 9.56. The Kier molecular flexibility index (Phi) is 2.56. The molecule has 1 heterocycles. The first-order valence-electron chi connectivity index (χ1n) is 5.02. The number of hydrogen-bond acceptors (Lipinski definition) is 3. The van der Waals surface area contributed by atoms with Crippen molar-refractivity contribution in [3.63, 3.8) is 0 Å². The van der Waals surface area contributed by atoms with E-state index in [2.05, 4.69) is 5.10 Å². The minimum absolute atomic E-state index is 0.158. The van der Waals surface area contributed by atoms with Gasteiger partial charge in [-0.2, -0.15) is 5.10 Å². The number of methoxy groups -OCH3 is 1. The minimum atomic E-state index is 0.158. The first kappa shape index (κ1) is 10.5. The lowest BCUT2D eigenvalue weighted by Crippen LogP contribution is -1.99. The maximum absolute atomic E-state index is 9.87. The van der Waals surface area contributed by atoms with E-state index in [1.807, 2.05) is 19.9 Å². The van der Waals surface area contributed by atoms with E-state index in [1.54, 1.807) is 30.0 Å². The molecule has 0 saturated heterocycles. The first-order chi connectivity index (χ1) is 7.61. The Morgan fingerprint density at radius 1 is 1.25 bits per heavy atom. The van der Waals surface area contributed by atoms with Crippen molar-refractivity contribution in [3.05, 3.63) is 35.7 Å². The molecule has 0 aliphatic rings. The predicted octanol–water partition coefficient (Wildman–Crippen LogP) is 2.20. The van der Waals surface area contributed by atoms with E-state index in [0.717, 1.165) is 11.4 Å². The van der Waals surface area contributed by atoms with Gasteiger partial charge in [-0.25, -0.2) is 4.68 Å². The molecule has 4 nitrogen and oxygen atoms in total. The predicted molar refractivity (Wildman–Crippen MR) is 61.3 cm³/mol. The summed E-state index contributed by atoms with van der Waals surface area (Å²) in [5, 5.41) is 14.2. The summed E-state index contributed by atoms with van der Waals surface area (Å²) < 4.78 is 6.74. The lowest BCUT2D eigenvalue weighted by Gasteiger charge is -2.08. The second-order valence-corrected chi connectivity index (χ2v) is 3.69. The largest absolute Gasteiger partial charge is 0.506 e. The van der Waals surface area contributed by atoms with E-state index in [-0.39, 0.29) is 5.75 Å². The molecule has 0 spiro atoms. The summed E-state index contributed by atoms with van der Waals surface area (Å²) in [6.07, 6.45) is 0. The summed E-state index contributed by atoms with van der Waals surface area (Å²) in [5.74, 6) is 0.785. The van der Waals surface area contributed by atoms with Crippen LogP contribution in [0.2, 0.25) is 0 Å². The number of phenolic OH excluding ortho intramolecular Hbond substituents is 1. The molecule has 84 valence electrons. The van der Waals surface area contributed by atoms with Crippen LogP contribution in [0.15, 0.2) is 24.3 Å². The zero-order valence-corrected chi connectivity index (χ0v) is 9.56. The van der Waals surface area contributed by atoms with E-state index in [0.29, 0.717) is 11.4 Å². The summed E-state index contributed by atoms with van der Waals surface area (Å²) >= 11 is 0. The fourth-order valence-corrected chi connectivity index (χ4v) is 1.68. The Bertz CT molecular complexity index is 518. The van der Waals surface area contributed by atoms with Crippen molar-refractivity contribution >= 4 is 0 Å². The van der Waals surface area contributed by atoms with Gasteiger partial charge in [-0.3, -0.25) is 0 Å². The van der Waals surface area contributed by atoms with Gasteiger partial charge in [0.25, 0.3) is 0 Å². The minimum Gasteiger partial charge on any atom is -0.506 e. The monoisotopic (exact) mass is 218 g/mol. The molecule has 0 radical (unpaired) electrons. The molecule has 0 unspecified atom stereocenters. The highest BCUT2D eigenvalue weighted by molar-refractivity contribution is 5.50. The average molecular weight is 218 g/mol. The van der Waals surface area contributed by atoms with Crippen LogP contribution in [0.25, 0.3) is 5.69 Å². The van der Waals surface area contributed by atoms with Crippen molar-refractivity contribution in [2.45, 2.75) is 13.8 Å². The van der Waals surface area contributed by atoms with Gasteiger partial charge in [-0.15, -0.1) is 0 Å². The van der Waals surface area contributed by atoms with Gasteiger partial charge in [-0.1, -0.05) is 0 Å². The van der Waals surface area contributed by atoms with E-state index in [1.165, 1.54) is 0 Å². The van der Waals surface area contributed by atoms with Gasteiger partial charge >= 0.3 is 0 Å². The number of rotatable bonds is 2. The molecule has 0 bridgehead atoms. The molecule has 0 fully saturated rings. The van der Waals surface area contributed by atoms with Crippen molar-refractivity contribution in [1.29, 1.82) is 0 Å². The standard InChI is InChI=1S/C12H14N2O2/c1-8-6-9(2)14(13-8)11-5-4-10(16-3)7-12(11)15/h4-7,15H,1-3H3. The number of aryl methyl sites for hydroxylation is 2. The van der Waals surface area contributed by atoms with Gasteiger partial charge in [0.1, 0.15) is 17.2 Å². The molecule has 1 N–H and O–H groups in total. The molecule has 0 atom stereocenters. The van der Waals surface area contributed by atoms with Gasteiger partial charge in [-0.05, 0) is 32.0 Å². The summed E-state index contributed by atoms with van der Waals surface area (Å²) in [5.41, 5.74) is 2.57. The van der Waals surface area contributed by atoms with Gasteiger partial charge in [0.15, 0.2) is 0 Å². The Balaban J connectivity index is 2.52. The topological polar surface area (TPSA) is 47.3 Å². The quantitative estimate of drug-likeness (QED) is 0.840. The highest BCUT2D eigenvalue weighted by atomic mass is 16.5. The third-order valence-electron chi connectivity index (χ3n) is 2.42. The van der Waals surface area contributed by atoms with Crippen molar-refractivity contribution < 1.29 is 9.84 Å². The van der Waals surface area contributed by atoms with Crippen LogP contribution >= 0.6 is 0 Å². The number of benzene rings is 1. The van der Waals surface area contributed by atoms with Crippen LogP contribution < -0.4 is 4.74 Å². The van der Waals surface area contributed by atoms with Crippen LogP contribution in [0, 0.1) is 13.8 Å². The normalized spacial score (nSPS) is 10.4. The molecular weight excluding hydrogens is 204 g/mol. The molecule has 1 aromatic carbocycles. The molecule has 2 rings (SSSR count). The Hall–Kier alpha value is -1.97. The smallest absolute Gasteiger partial charge is 0.144 e. The first-order valence-corrected chi connectivity index (χ1v) is 5.02. The van der Waals surface area contributed by atoms with Crippen molar-refractivity contribution in [2.75, 3.05) is 7.11 Å². The molecule has 2 aromatic rings. The highest BCUT2D eigenvalue weighted by Gasteiger charge is 2.09. The Labute approximate surface area is 94.1 Å². The fraction of sp³-hybridized carbons (Fsp3) is 0.250. The lowest BCUT2D eigenvalue weighted by molar-refractivity contribution is 0.407. The van der Waals surface area contributed by atoms with Crippen molar-refractivity contribution in [3.8, 4) is 17.2 Å². The second kappa shape index (κ2) is 3.89. The van der Waals surface area contributed by atoms with Crippen LogP contribution in [0.3, 0.4) is 0 Å². The molecule has 0 amide bonds. The van der Waals surface area contributed by atoms with E-state index < -0.39 is 0 Å². The van der Waals surface area contributed by atoms with E-state index in [4.69, 9.17) is 4.74 Å². The summed E-state index contributed by atoms with van der Waals surface area (Å²) in [6.45, 7) is 3.87. The summed E-state index contributed by atoms with van der Waals surface area (Å²) in [7, 11) is 1.57. The molecule has 4 heteroatoms. The number of aromatic hydroxyl groups is 1. The number of ether oxygens (including phenoxy) is 1. The zero-order chi connectivity index (χ0) is 11.7. The number of nitrogens with zero attached hydrogens (tertiary/aromatic N) is 2. The number of hydrogen-bond donors (Lipinski definition) is 1. The third-order valence-corrected chi connectivity index (χ3v) is 2.42. The number of phenols is 1. The van der Waals surface area contributed by atoms with Crippen LogP contribution in [0.5, 0.6) is 11.5 Å². The molecule has 1 aromatic heterocycles. The lowest BCUT2D eigenvalue weighted by atomic mass is 10.2. The van der Waals surface area contributed by atoms with Gasteiger partial charge in [0, 0.05) is 11.8 Å². The van der Waals surface area contributed by atoms with Crippen LogP contribution in [0.1, 0.15) is 11.4 Å². The highest BCUT2D eigenvalue weighted by Crippen LogP contribution is 2.27. The number of aromatic nitrogens is 2. The van der Waals surface area contributed by atoms with E-state index in [9.17, 15) is 5.11 Å². The van der Waals surface area contributed by atoms with Gasteiger partial charge in [0.05, 0.1) is 12.8 Å². The van der Waals surface area contributed by atoms with E-state index >= 15 is 0 Å². The van der Waals surface area contributed by atoms with Crippen LogP contribution in [-0.2, 0) is 0 Å². The Morgan fingerprint density at radius 3 is 2.50 bits per heavy atom. The molecule has 0 saturated carbocycles. The summed E-state index contributed by atoms with van der Waals surface area (Å²) in [6, 6.07) is 7.12. The average Bonchev–Trinajstić information content (AvgIpc) is 2.57. The Morgan fingerprint density at radius 2 is 2.00 bits per heavy atom. The molecule has 0 aliphatic carbocycles. The fourth-order valence-electron chi connectivity index (χ4n) is 1.68. The van der Waals surface area contributed by atoms with Crippen LogP contribution in [0.4, 0.5) is 0 Å². The third kappa shape index (κ3) is 1.74. The summed E-state index contributed by atoms with van der Waals surface area (Å²) in [4.78, 5) is 0. The maximum Gasteiger partial charge on any atom is 0.144 e. The van der Waals surface area contributed by atoms with Crippen LogP contribution in [-0.4, -0.2) is 22.0 Å². The molecule has 0 aliphatic heterocycles. The van der Waals surface area contributed by atoms with Crippen molar-refractivity contribution in [2.24, 2.45) is 0 Å². The van der Waals surface area contributed by atoms with Gasteiger partial charge < -0.3 is 9.84 Å². The maximum atomic E-state index is 9.87. The molecule has 16 heavy (non-hydrogen) atoms. The van der Waals surface area contributed by atoms with Gasteiger partial charge in [0.2, 0.25) is 0 Å².